The molecule has 1 atom stereocenters. The molecule has 90 valence electrons. The van der Waals surface area contributed by atoms with E-state index in [1.807, 2.05) is 6.92 Å². The van der Waals surface area contributed by atoms with Crippen LogP contribution in [0.2, 0.25) is 5.15 Å². The Labute approximate surface area is 104 Å². The van der Waals surface area contributed by atoms with E-state index < -0.39 is 6.10 Å². The lowest BCUT2D eigenvalue weighted by Gasteiger charge is -2.09. The van der Waals surface area contributed by atoms with Gasteiger partial charge < -0.3 is 5.11 Å². The fourth-order valence-electron chi connectivity index (χ4n) is 1.70. The molecule has 2 aromatic heterocycles. The maximum Gasteiger partial charge on any atom is 0.130 e. The molecule has 0 aliphatic heterocycles. The number of hydrogen-bond donors (Lipinski definition) is 1. The summed E-state index contributed by atoms with van der Waals surface area (Å²) in [5, 5.41) is 14.8. The average molecular weight is 253 g/mol. The number of aromatic nitrogens is 4. The van der Waals surface area contributed by atoms with Crippen molar-refractivity contribution >= 4 is 11.6 Å². The number of aliphatic hydroxyl groups excluding tert-OH is 1. The lowest BCUT2D eigenvalue weighted by atomic mass is 10.0. The van der Waals surface area contributed by atoms with E-state index in [1.165, 1.54) is 6.33 Å². The lowest BCUT2D eigenvalue weighted by Crippen LogP contribution is -2.03. The number of hydrogen-bond acceptors (Lipinski definition) is 4. The first-order valence-electron chi connectivity index (χ1n) is 5.20. The molecular weight excluding hydrogens is 240 g/mol. The van der Waals surface area contributed by atoms with Crippen molar-refractivity contribution in [2.75, 3.05) is 0 Å². The zero-order valence-electron chi connectivity index (χ0n) is 9.63. The third kappa shape index (κ3) is 2.45. The largest absolute Gasteiger partial charge is 0.388 e. The predicted octanol–water partition coefficient (Wildman–Crippen LogP) is 1.45. The van der Waals surface area contributed by atoms with E-state index in [-0.39, 0.29) is 0 Å². The van der Waals surface area contributed by atoms with Gasteiger partial charge in [0.25, 0.3) is 0 Å². The third-order valence-electron chi connectivity index (χ3n) is 2.63. The van der Waals surface area contributed by atoms with E-state index in [1.54, 1.807) is 24.1 Å². The topological polar surface area (TPSA) is 63.8 Å². The summed E-state index contributed by atoms with van der Waals surface area (Å²) in [6.45, 7) is 1.87. The van der Waals surface area contributed by atoms with Crippen LogP contribution in [0.5, 0.6) is 0 Å². The third-order valence-corrected chi connectivity index (χ3v) is 3.11. The van der Waals surface area contributed by atoms with Gasteiger partial charge in [-0.1, -0.05) is 11.6 Å². The highest BCUT2D eigenvalue weighted by Gasteiger charge is 2.16. The van der Waals surface area contributed by atoms with Crippen LogP contribution in [0.4, 0.5) is 0 Å². The van der Waals surface area contributed by atoms with E-state index >= 15 is 0 Å². The van der Waals surface area contributed by atoms with Crippen LogP contribution >= 0.6 is 11.6 Å². The zero-order chi connectivity index (χ0) is 12.4. The molecule has 5 nitrogen and oxygen atoms in total. The molecule has 2 aromatic rings. The smallest absolute Gasteiger partial charge is 0.130 e. The van der Waals surface area contributed by atoms with Gasteiger partial charge >= 0.3 is 0 Å². The second kappa shape index (κ2) is 4.81. The summed E-state index contributed by atoms with van der Waals surface area (Å²) < 4.78 is 1.60. The summed E-state index contributed by atoms with van der Waals surface area (Å²) in [6, 6.07) is 0. The van der Waals surface area contributed by atoms with E-state index in [0.717, 1.165) is 11.3 Å². The van der Waals surface area contributed by atoms with Crippen molar-refractivity contribution < 1.29 is 5.11 Å². The molecule has 2 rings (SSSR count). The standard InChI is InChI=1S/C11H13ClN4O/c1-7-9(11(12)16(2)15-7)3-10(17)8-4-13-6-14-5-8/h4-6,10,17H,3H2,1-2H3. The van der Waals surface area contributed by atoms with Gasteiger partial charge in [-0.3, -0.25) is 4.68 Å². The molecule has 1 N–H and O–H groups in total. The average Bonchev–Trinajstić information content (AvgIpc) is 2.57. The van der Waals surface area contributed by atoms with Crippen LogP contribution in [0.15, 0.2) is 18.7 Å². The minimum atomic E-state index is -0.670. The Kier molecular flexibility index (Phi) is 3.40. The Hall–Kier alpha value is -1.46. The Balaban J connectivity index is 2.22. The molecule has 17 heavy (non-hydrogen) atoms. The monoisotopic (exact) mass is 252 g/mol. The van der Waals surface area contributed by atoms with Crippen molar-refractivity contribution in [2.24, 2.45) is 7.05 Å². The normalized spacial score (nSPS) is 12.7. The zero-order valence-corrected chi connectivity index (χ0v) is 10.4. The van der Waals surface area contributed by atoms with Crippen molar-refractivity contribution in [2.45, 2.75) is 19.4 Å². The summed E-state index contributed by atoms with van der Waals surface area (Å²) in [5.41, 5.74) is 2.35. The van der Waals surface area contributed by atoms with Gasteiger partial charge in [-0.2, -0.15) is 5.10 Å². The first-order chi connectivity index (χ1) is 8.09. The van der Waals surface area contributed by atoms with E-state index in [0.29, 0.717) is 17.1 Å². The Morgan fingerprint density at radius 3 is 2.59 bits per heavy atom. The van der Waals surface area contributed by atoms with Gasteiger partial charge in [0.05, 0.1) is 11.8 Å². The molecule has 0 amide bonds. The fourth-order valence-corrected chi connectivity index (χ4v) is 1.95. The Morgan fingerprint density at radius 1 is 1.41 bits per heavy atom. The summed E-state index contributed by atoms with van der Waals surface area (Å²) in [7, 11) is 1.77. The lowest BCUT2D eigenvalue weighted by molar-refractivity contribution is 0.177. The number of aliphatic hydroxyl groups is 1. The minimum absolute atomic E-state index is 0.409. The molecule has 6 heteroatoms. The highest BCUT2D eigenvalue weighted by atomic mass is 35.5. The molecule has 0 spiro atoms. The summed E-state index contributed by atoms with van der Waals surface area (Å²) in [4.78, 5) is 7.75. The number of halogens is 1. The van der Waals surface area contributed by atoms with Gasteiger partial charge in [0, 0.05) is 37.0 Å². The van der Waals surface area contributed by atoms with E-state index in [2.05, 4.69) is 15.1 Å². The number of aryl methyl sites for hydroxylation is 2. The molecule has 0 saturated carbocycles. The maximum absolute atomic E-state index is 10.1. The van der Waals surface area contributed by atoms with E-state index in [4.69, 9.17) is 11.6 Å². The Morgan fingerprint density at radius 2 is 2.06 bits per heavy atom. The number of nitrogens with zero attached hydrogens (tertiary/aromatic N) is 4. The molecule has 0 bridgehead atoms. The second-order valence-electron chi connectivity index (χ2n) is 3.87. The first-order valence-corrected chi connectivity index (χ1v) is 5.58. The molecule has 1 unspecified atom stereocenters. The molecule has 2 heterocycles. The molecule has 0 radical (unpaired) electrons. The maximum atomic E-state index is 10.1. The van der Waals surface area contributed by atoms with Gasteiger partial charge in [-0.15, -0.1) is 0 Å². The Bertz CT molecular complexity index is 512. The number of rotatable bonds is 3. The van der Waals surface area contributed by atoms with Gasteiger partial charge in [0.15, 0.2) is 0 Å². The summed E-state index contributed by atoms with van der Waals surface area (Å²) in [5.74, 6) is 0. The van der Waals surface area contributed by atoms with Crippen LogP contribution in [0.3, 0.4) is 0 Å². The summed E-state index contributed by atoms with van der Waals surface area (Å²) >= 11 is 6.10. The van der Waals surface area contributed by atoms with E-state index in [9.17, 15) is 5.11 Å². The SMILES string of the molecule is Cc1nn(C)c(Cl)c1CC(O)c1cncnc1. The molecular formula is C11H13ClN4O. The fraction of sp³-hybridized carbons (Fsp3) is 0.364. The second-order valence-corrected chi connectivity index (χ2v) is 4.23. The first kappa shape index (κ1) is 12.0. The van der Waals surface area contributed by atoms with Gasteiger partial charge in [-0.25, -0.2) is 9.97 Å². The van der Waals surface area contributed by atoms with Gasteiger partial charge in [-0.05, 0) is 6.92 Å². The van der Waals surface area contributed by atoms with Crippen LogP contribution in [-0.4, -0.2) is 24.9 Å². The van der Waals surface area contributed by atoms with Gasteiger partial charge in [0.1, 0.15) is 11.5 Å². The minimum Gasteiger partial charge on any atom is -0.388 e. The predicted molar refractivity (Wildman–Crippen MR) is 63.7 cm³/mol. The quantitative estimate of drug-likeness (QED) is 0.898. The highest BCUT2D eigenvalue weighted by Crippen LogP contribution is 2.24. The van der Waals surface area contributed by atoms with Crippen LogP contribution in [-0.2, 0) is 13.5 Å². The van der Waals surface area contributed by atoms with Crippen molar-refractivity contribution in [3.05, 3.63) is 40.7 Å². The van der Waals surface area contributed by atoms with Crippen molar-refractivity contribution in [1.82, 2.24) is 19.7 Å². The van der Waals surface area contributed by atoms with Crippen molar-refractivity contribution in [3.8, 4) is 0 Å². The molecule has 0 aromatic carbocycles. The summed E-state index contributed by atoms with van der Waals surface area (Å²) in [6.07, 6.45) is 4.36. The molecule has 0 fully saturated rings. The molecule has 0 saturated heterocycles. The van der Waals surface area contributed by atoms with Crippen molar-refractivity contribution in [1.29, 1.82) is 0 Å². The van der Waals surface area contributed by atoms with Crippen LogP contribution in [0.25, 0.3) is 0 Å². The van der Waals surface area contributed by atoms with Crippen molar-refractivity contribution in [3.63, 3.8) is 0 Å². The molecule has 0 aliphatic rings. The van der Waals surface area contributed by atoms with Crippen LogP contribution in [0, 0.1) is 6.92 Å². The highest BCUT2D eigenvalue weighted by molar-refractivity contribution is 6.30. The molecule has 0 aliphatic carbocycles. The van der Waals surface area contributed by atoms with Crippen LogP contribution < -0.4 is 0 Å². The van der Waals surface area contributed by atoms with Crippen LogP contribution in [0.1, 0.15) is 22.9 Å². The van der Waals surface area contributed by atoms with Gasteiger partial charge in [0.2, 0.25) is 0 Å².